The molecule has 2 rings (SSSR count). The highest BCUT2D eigenvalue weighted by molar-refractivity contribution is 6.68. The van der Waals surface area contributed by atoms with Crippen molar-refractivity contribution in [1.29, 1.82) is 0 Å². The zero-order valence-electron chi connectivity index (χ0n) is 12.7. The Hall–Kier alpha value is -1.42. The van der Waals surface area contributed by atoms with Crippen LogP contribution >= 0.6 is 34.8 Å². The second kappa shape index (κ2) is 7.43. The Morgan fingerprint density at radius 2 is 1.65 bits per heavy atom. The van der Waals surface area contributed by atoms with E-state index in [0.717, 1.165) is 16.8 Å². The molecule has 0 aliphatic rings. The normalized spacial score (nSPS) is 12.6. The van der Waals surface area contributed by atoms with E-state index < -0.39 is 9.96 Å². The SMILES string of the molecule is Cc1ccc(N[C@H](NC(=O)c2cccc(C)c2)C(Cl)(Cl)Cl)cc1. The molecule has 0 aromatic heterocycles. The summed E-state index contributed by atoms with van der Waals surface area (Å²) in [4.78, 5) is 12.4. The summed E-state index contributed by atoms with van der Waals surface area (Å²) in [6, 6.07) is 14.8. The maximum Gasteiger partial charge on any atom is 0.252 e. The first-order valence-corrected chi connectivity index (χ1v) is 8.16. The van der Waals surface area contributed by atoms with Gasteiger partial charge in [-0.05, 0) is 38.1 Å². The molecule has 0 radical (unpaired) electrons. The lowest BCUT2D eigenvalue weighted by Crippen LogP contribution is -2.49. The van der Waals surface area contributed by atoms with Crippen molar-refractivity contribution >= 4 is 46.4 Å². The van der Waals surface area contributed by atoms with Crippen molar-refractivity contribution in [1.82, 2.24) is 5.32 Å². The number of rotatable bonds is 4. The van der Waals surface area contributed by atoms with Gasteiger partial charge in [-0.25, -0.2) is 0 Å². The number of hydrogen-bond donors (Lipinski definition) is 2. The smallest absolute Gasteiger partial charge is 0.252 e. The summed E-state index contributed by atoms with van der Waals surface area (Å²) < 4.78 is -1.70. The minimum atomic E-state index is -1.70. The molecule has 0 unspecified atom stereocenters. The van der Waals surface area contributed by atoms with Crippen LogP contribution in [0.25, 0.3) is 0 Å². The van der Waals surface area contributed by atoms with E-state index in [2.05, 4.69) is 10.6 Å². The molecule has 0 fully saturated rings. The maximum absolute atomic E-state index is 12.4. The van der Waals surface area contributed by atoms with Gasteiger partial charge in [0.2, 0.25) is 3.79 Å². The summed E-state index contributed by atoms with van der Waals surface area (Å²) in [5.74, 6) is -0.315. The number of hydrogen-bond acceptors (Lipinski definition) is 2. The number of aryl methyl sites for hydroxylation is 2. The summed E-state index contributed by atoms with van der Waals surface area (Å²) in [7, 11) is 0. The Bertz CT molecular complexity index is 681. The van der Waals surface area contributed by atoms with Gasteiger partial charge in [-0.2, -0.15) is 0 Å². The van der Waals surface area contributed by atoms with Crippen molar-refractivity contribution in [2.24, 2.45) is 0 Å². The number of nitrogens with one attached hydrogen (secondary N) is 2. The largest absolute Gasteiger partial charge is 0.362 e. The van der Waals surface area contributed by atoms with Crippen LogP contribution in [0.15, 0.2) is 48.5 Å². The highest BCUT2D eigenvalue weighted by atomic mass is 35.6. The van der Waals surface area contributed by atoms with E-state index in [0.29, 0.717) is 5.56 Å². The monoisotopic (exact) mass is 370 g/mol. The first-order valence-electron chi connectivity index (χ1n) is 7.03. The molecule has 23 heavy (non-hydrogen) atoms. The quantitative estimate of drug-likeness (QED) is 0.596. The Balaban J connectivity index is 2.16. The molecular weight excluding hydrogens is 355 g/mol. The predicted octanol–water partition coefficient (Wildman–Crippen LogP) is 4.84. The van der Waals surface area contributed by atoms with E-state index in [1.54, 1.807) is 12.1 Å². The third kappa shape index (κ3) is 5.31. The summed E-state index contributed by atoms with van der Waals surface area (Å²) in [6.45, 7) is 3.89. The average Bonchev–Trinajstić information content (AvgIpc) is 2.47. The van der Waals surface area contributed by atoms with Gasteiger partial charge in [0.05, 0.1) is 0 Å². The van der Waals surface area contributed by atoms with Crippen LogP contribution in [-0.4, -0.2) is 15.9 Å². The fourth-order valence-electron chi connectivity index (χ4n) is 2.02. The molecule has 1 amide bonds. The number of benzene rings is 2. The van der Waals surface area contributed by atoms with Crippen LogP contribution < -0.4 is 10.6 Å². The summed E-state index contributed by atoms with van der Waals surface area (Å²) in [6.07, 6.45) is -0.872. The van der Waals surface area contributed by atoms with Gasteiger partial charge in [0, 0.05) is 11.3 Å². The van der Waals surface area contributed by atoms with E-state index in [9.17, 15) is 4.79 Å². The molecule has 0 saturated carbocycles. The number of alkyl halides is 3. The Kier molecular flexibility index (Phi) is 5.79. The molecule has 2 aromatic rings. The van der Waals surface area contributed by atoms with E-state index in [1.165, 1.54) is 0 Å². The van der Waals surface area contributed by atoms with Crippen LogP contribution in [0, 0.1) is 13.8 Å². The maximum atomic E-state index is 12.4. The van der Waals surface area contributed by atoms with Gasteiger partial charge >= 0.3 is 0 Å². The minimum Gasteiger partial charge on any atom is -0.362 e. The predicted molar refractivity (Wildman–Crippen MR) is 97.5 cm³/mol. The van der Waals surface area contributed by atoms with Crippen LogP contribution in [0.1, 0.15) is 21.5 Å². The molecule has 0 spiro atoms. The van der Waals surface area contributed by atoms with Crippen molar-refractivity contribution < 1.29 is 4.79 Å². The first kappa shape index (κ1) is 17.9. The van der Waals surface area contributed by atoms with Gasteiger partial charge in [-0.15, -0.1) is 0 Å². The van der Waals surface area contributed by atoms with Crippen LogP contribution in [-0.2, 0) is 0 Å². The molecule has 122 valence electrons. The number of carbonyl (C=O) groups is 1. The van der Waals surface area contributed by atoms with Crippen LogP contribution in [0.5, 0.6) is 0 Å². The fraction of sp³-hybridized carbons (Fsp3) is 0.235. The molecule has 6 heteroatoms. The lowest BCUT2D eigenvalue weighted by molar-refractivity contribution is 0.0941. The Morgan fingerprint density at radius 1 is 1.00 bits per heavy atom. The molecule has 2 aromatic carbocycles. The summed E-state index contributed by atoms with van der Waals surface area (Å²) in [5.41, 5.74) is 3.35. The number of halogens is 3. The van der Waals surface area contributed by atoms with Crippen molar-refractivity contribution in [2.75, 3.05) is 5.32 Å². The van der Waals surface area contributed by atoms with Crippen molar-refractivity contribution in [3.63, 3.8) is 0 Å². The molecule has 1 atom stereocenters. The number of amides is 1. The molecular formula is C17H17Cl3N2O. The summed E-state index contributed by atoms with van der Waals surface area (Å²) >= 11 is 18.0. The minimum absolute atomic E-state index is 0.315. The average molecular weight is 372 g/mol. The standard InChI is InChI=1S/C17H17Cl3N2O/c1-11-6-8-14(9-7-11)21-16(17(18,19)20)22-15(23)13-5-3-4-12(2)10-13/h3-10,16,21H,1-2H3,(H,22,23)/t16-/m1/s1. The molecule has 0 bridgehead atoms. The highest BCUT2D eigenvalue weighted by Gasteiger charge is 2.34. The van der Waals surface area contributed by atoms with Gasteiger partial charge in [0.1, 0.15) is 6.17 Å². The Morgan fingerprint density at radius 3 is 2.22 bits per heavy atom. The topological polar surface area (TPSA) is 41.1 Å². The van der Waals surface area contributed by atoms with Crippen LogP contribution in [0.2, 0.25) is 0 Å². The second-order valence-corrected chi connectivity index (χ2v) is 7.70. The number of carbonyl (C=O) groups excluding carboxylic acids is 1. The zero-order valence-corrected chi connectivity index (χ0v) is 15.0. The fourth-order valence-corrected chi connectivity index (χ4v) is 2.34. The first-order chi connectivity index (χ1) is 10.8. The van der Waals surface area contributed by atoms with Crippen LogP contribution in [0.3, 0.4) is 0 Å². The van der Waals surface area contributed by atoms with Crippen molar-refractivity contribution in [2.45, 2.75) is 23.8 Å². The third-order valence-electron chi connectivity index (χ3n) is 3.25. The lowest BCUT2D eigenvalue weighted by atomic mass is 10.1. The van der Waals surface area contributed by atoms with Crippen molar-refractivity contribution in [3.8, 4) is 0 Å². The van der Waals surface area contributed by atoms with Gasteiger partial charge < -0.3 is 10.6 Å². The molecule has 3 nitrogen and oxygen atoms in total. The van der Waals surface area contributed by atoms with Gasteiger partial charge in [0.25, 0.3) is 5.91 Å². The van der Waals surface area contributed by atoms with Gasteiger partial charge in [0.15, 0.2) is 0 Å². The molecule has 0 heterocycles. The second-order valence-electron chi connectivity index (χ2n) is 5.33. The van der Waals surface area contributed by atoms with E-state index in [4.69, 9.17) is 34.8 Å². The van der Waals surface area contributed by atoms with E-state index in [1.807, 2.05) is 50.2 Å². The number of anilines is 1. The zero-order chi connectivity index (χ0) is 17.0. The van der Waals surface area contributed by atoms with E-state index >= 15 is 0 Å². The third-order valence-corrected chi connectivity index (χ3v) is 3.90. The molecule has 0 aliphatic carbocycles. The van der Waals surface area contributed by atoms with E-state index in [-0.39, 0.29) is 5.91 Å². The summed E-state index contributed by atoms with van der Waals surface area (Å²) in [5, 5.41) is 5.75. The van der Waals surface area contributed by atoms with Crippen molar-refractivity contribution in [3.05, 3.63) is 65.2 Å². The Labute approximate surface area is 150 Å². The van der Waals surface area contributed by atoms with Gasteiger partial charge in [-0.3, -0.25) is 4.79 Å². The highest BCUT2D eigenvalue weighted by Crippen LogP contribution is 2.31. The molecule has 0 saturated heterocycles. The van der Waals surface area contributed by atoms with Gasteiger partial charge in [-0.1, -0.05) is 70.2 Å². The molecule has 2 N–H and O–H groups in total. The molecule has 0 aliphatic heterocycles. The van der Waals surface area contributed by atoms with Crippen LogP contribution in [0.4, 0.5) is 5.69 Å². The lowest BCUT2D eigenvalue weighted by Gasteiger charge is -2.27.